The number of likely N-dealkylation sites (tertiary alicyclic amines) is 1. The first-order chi connectivity index (χ1) is 10.3. The zero-order chi connectivity index (χ0) is 14.2. The number of hydrogen-bond donors (Lipinski definition) is 1. The number of furan rings is 1. The summed E-state index contributed by atoms with van der Waals surface area (Å²) >= 11 is 0. The molecular weight excluding hydrogens is 268 g/mol. The van der Waals surface area contributed by atoms with Crippen LogP contribution in [0.25, 0.3) is 0 Å². The van der Waals surface area contributed by atoms with Crippen LogP contribution in [-0.4, -0.2) is 42.1 Å². The maximum absolute atomic E-state index is 12.4. The first-order valence-electron chi connectivity index (χ1n) is 7.96. The number of hydrogen-bond acceptors (Lipinski definition) is 4. The predicted molar refractivity (Wildman–Crippen MR) is 76.5 cm³/mol. The summed E-state index contributed by atoms with van der Waals surface area (Å²) < 4.78 is 11.0. The molecule has 1 amide bonds. The topological polar surface area (TPSA) is 54.7 Å². The van der Waals surface area contributed by atoms with E-state index in [1.54, 1.807) is 12.5 Å². The summed E-state index contributed by atoms with van der Waals surface area (Å²) in [7, 11) is 0. The van der Waals surface area contributed by atoms with Gasteiger partial charge < -0.3 is 14.5 Å². The third-order valence-electron chi connectivity index (χ3n) is 4.88. The average molecular weight is 290 g/mol. The Morgan fingerprint density at radius 2 is 2.29 bits per heavy atom. The molecule has 1 aromatic rings. The molecule has 2 saturated heterocycles. The molecule has 5 nitrogen and oxygen atoms in total. The standard InChI is InChI=1S/C16H22N2O3/c19-16(17-13-1-2-13)12-7-15-14(4-6-21-15)18(9-12)8-11-3-5-20-10-11/h3,5,10,12-15H,1-2,4,6-9H2,(H,17,19)/t12-,14+,15+/m1/s1. The third-order valence-corrected chi connectivity index (χ3v) is 4.88. The lowest BCUT2D eigenvalue weighted by molar-refractivity contribution is -0.129. The summed E-state index contributed by atoms with van der Waals surface area (Å²) in [6, 6.07) is 2.88. The molecule has 2 aliphatic heterocycles. The van der Waals surface area contributed by atoms with Crippen molar-refractivity contribution in [2.24, 2.45) is 5.92 Å². The van der Waals surface area contributed by atoms with Crippen molar-refractivity contribution in [3.8, 4) is 0 Å². The number of carbonyl (C=O) groups is 1. The van der Waals surface area contributed by atoms with Gasteiger partial charge >= 0.3 is 0 Å². The van der Waals surface area contributed by atoms with Crippen molar-refractivity contribution in [1.29, 1.82) is 0 Å². The molecule has 1 N–H and O–H groups in total. The van der Waals surface area contributed by atoms with E-state index in [4.69, 9.17) is 9.15 Å². The Labute approximate surface area is 124 Å². The van der Waals surface area contributed by atoms with Crippen LogP contribution in [0.2, 0.25) is 0 Å². The smallest absolute Gasteiger partial charge is 0.224 e. The summed E-state index contributed by atoms with van der Waals surface area (Å²) in [5.41, 5.74) is 1.17. The lowest BCUT2D eigenvalue weighted by Crippen LogP contribution is -2.52. The molecule has 5 heteroatoms. The van der Waals surface area contributed by atoms with Crippen LogP contribution in [0, 0.1) is 5.92 Å². The first kappa shape index (κ1) is 13.3. The summed E-state index contributed by atoms with van der Waals surface area (Å²) in [6.07, 6.45) is 7.92. The minimum atomic E-state index is 0.0526. The normalized spacial score (nSPS) is 32.9. The van der Waals surface area contributed by atoms with E-state index in [9.17, 15) is 4.79 Å². The highest BCUT2D eigenvalue weighted by Gasteiger charge is 2.42. The van der Waals surface area contributed by atoms with Crippen LogP contribution >= 0.6 is 0 Å². The molecule has 3 atom stereocenters. The van der Waals surface area contributed by atoms with Crippen LogP contribution in [0.5, 0.6) is 0 Å². The van der Waals surface area contributed by atoms with E-state index in [0.29, 0.717) is 12.1 Å². The Hall–Kier alpha value is -1.33. The van der Waals surface area contributed by atoms with Gasteiger partial charge in [0.25, 0.3) is 0 Å². The van der Waals surface area contributed by atoms with Gasteiger partial charge in [0, 0.05) is 37.3 Å². The lowest BCUT2D eigenvalue weighted by atomic mass is 9.89. The number of piperidine rings is 1. The van der Waals surface area contributed by atoms with E-state index in [-0.39, 0.29) is 17.9 Å². The maximum Gasteiger partial charge on any atom is 0.224 e. The molecule has 0 unspecified atom stereocenters. The van der Waals surface area contributed by atoms with E-state index in [2.05, 4.69) is 10.2 Å². The predicted octanol–water partition coefficient (Wildman–Crippen LogP) is 1.54. The number of ether oxygens (including phenoxy) is 1. The van der Waals surface area contributed by atoms with Gasteiger partial charge in [-0.25, -0.2) is 0 Å². The van der Waals surface area contributed by atoms with E-state index in [0.717, 1.165) is 45.4 Å². The molecule has 3 fully saturated rings. The molecule has 0 spiro atoms. The van der Waals surface area contributed by atoms with Crippen molar-refractivity contribution < 1.29 is 13.9 Å². The largest absolute Gasteiger partial charge is 0.472 e. The van der Waals surface area contributed by atoms with Crippen molar-refractivity contribution in [2.45, 2.75) is 50.4 Å². The second-order valence-corrected chi connectivity index (χ2v) is 6.54. The summed E-state index contributed by atoms with van der Waals surface area (Å²) in [5.74, 6) is 0.264. The molecule has 1 aromatic heterocycles. The first-order valence-corrected chi connectivity index (χ1v) is 7.96. The molecule has 1 saturated carbocycles. The Morgan fingerprint density at radius 3 is 3.05 bits per heavy atom. The van der Waals surface area contributed by atoms with Gasteiger partial charge in [0.15, 0.2) is 0 Å². The van der Waals surface area contributed by atoms with Crippen molar-refractivity contribution in [2.75, 3.05) is 13.2 Å². The molecule has 3 heterocycles. The number of amides is 1. The molecule has 4 rings (SSSR count). The van der Waals surface area contributed by atoms with Crippen LogP contribution in [0.1, 0.15) is 31.2 Å². The van der Waals surface area contributed by atoms with Crippen LogP contribution in [0.4, 0.5) is 0 Å². The van der Waals surface area contributed by atoms with E-state index >= 15 is 0 Å². The second-order valence-electron chi connectivity index (χ2n) is 6.54. The summed E-state index contributed by atoms with van der Waals surface area (Å²) in [5, 5.41) is 3.14. The van der Waals surface area contributed by atoms with Gasteiger partial charge in [-0.2, -0.15) is 0 Å². The molecule has 0 bridgehead atoms. The van der Waals surface area contributed by atoms with Gasteiger partial charge in [-0.15, -0.1) is 0 Å². The molecule has 1 aliphatic carbocycles. The molecule has 3 aliphatic rings. The van der Waals surface area contributed by atoms with Crippen LogP contribution in [0.3, 0.4) is 0 Å². The Balaban J connectivity index is 1.46. The lowest BCUT2D eigenvalue weighted by Gasteiger charge is -2.40. The van der Waals surface area contributed by atoms with Crippen LogP contribution < -0.4 is 5.32 Å². The fourth-order valence-electron chi connectivity index (χ4n) is 3.59. The SMILES string of the molecule is O=C(NC1CC1)[C@@H]1C[C@@H]2OCC[C@@H]2N(Cc2ccoc2)C1. The summed E-state index contributed by atoms with van der Waals surface area (Å²) in [4.78, 5) is 14.8. The van der Waals surface area contributed by atoms with Crippen LogP contribution in [-0.2, 0) is 16.1 Å². The average Bonchev–Trinajstić information content (AvgIpc) is 2.97. The van der Waals surface area contributed by atoms with Gasteiger partial charge in [0.05, 0.1) is 24.5 Å². The number of nitrogens with zero attached hydrogens (tertiary/aromatic N) is 1. The van der Waals surface area contributed by atoms with Crippen LogP contribution in [0.15, 0.2) is 23.0 Å². The Bertz CT molecular complexity index is 498. The summed E-state index contributed by atoms with van der Waals surface area (Å²) in [6.45, 7) is 2.48. The Morgan fingerprint density at radius 1 is 1.38 bits per heavy atom. The number of nitrogens with one attached hydrogen (secondary N) is 1. The van der Waals surface area contributed by atoms with Gasteiger partial charge in [-0.3, -0.25) is 9.69 Å². The maximum atomic E-state index is 12.4. The highest BCUT2D eigenvalue weighted by Crippen LogP contribution is 2.33. The zero-order valence-corrected chi connectivity index (χ0v) is 12.2. The fourth-order valence-corrected chi connectivity index (χ4v) is 3.59. The minimum absolute atomic E-state index is 0.0526. The van der Waals surface area contributed by atoms with Crippen molar-refractivity contribution in [1.82, 2.24) is 10.2 Å². The van der Waals surface area contributed by atoms with Crippen molar-refractivity contribution >= 4 is 5.91 Å². The second kappa shape index (κ2) is 5.46. The number of fused-ring (bicyclic) bond motifs is 1. The fraction of sp³-hybridized carbons (Fsp3) is 0.688. The molecule has 0 radical (unpaired) electrons. The van der Waals surface area contributed by atoms with Crippen molar-refractivity contribution in [3.63, 3.8) is 0 Å². The van der Waals surface area contributed by atoms with Gasteiger partial charge in [-0.1, -0.05) is 0 Å². The molecule has 114 valence electrons. The highest BCUT2D eigenvalue weighted by atomic mass is 16.5. The molecule has 21 heavy (non-hydrogen) atoms. The quantitative estimate of drug-likeness (QED) is 0.914. The highest BCUT2D eigenvalue weighted by molar-refractivity contribution is 5.79. The van der Waals surface area contributed by atoms with Crippen molar-refractivity contribution in [3.05, 3.63) is 24.2 Å². The van der Waals surface area contributed by atoms with E-state index in [1.165, 1.54) is 5.56 Å². The Kier molecular flexibility index (Phi) is 3.47. The van der Waals surface area contributed by atoms with E-state index in [1.807, 2.05) is 6.07 Å². The molecular formula is C16H22N2O3. The van der Waals surface area contributed by atoms with Gasteiger partial charge in [0.1, 0.15) is 0 Å². The van der Waals surface area contributed by atoms with E-state index < -0.39 is 0 Å². The number of carbonyl (C=O) groups excluding carboxylic acids is 1. The zero-order valence-electron chi connectivity index (χ0n) is 12.2. The van der Waals surface area contributed by atoms with Gasteiger partial charge in [0.2, 0.25) is 5.91 Å². The number of rotatable bonds is 4. The van der Waals surface area contributed by atoms with Gasteiger partial charge in [-0.05, 0) is 31.7 Å². The third kappa shape index (κ3) is 2.85. The minimum Gasteiger partial charge on any atom is -0.472 e. The monoisotopic (exact) mass is 290 g/mol. The molecule has 0 aromatic carbocycles.